The first-order valence-electron chi connectivity index (χ1n) is 7.87. The van der Waals surface area contributed by atoms with Crippen molar-refractivity contribution in [2.24, 2.45) is 12.8 Å². The standard InChI is InChI=1S/C15H27N5/c1-12-14(10-17-18(12)2)15(9-16)20-8-7-19-6-4-3-5-13(19)11-20/h10,13,15H,3-9,11,16H2,1-2H3. The molecule has 2 aliphatic rings. The average Bonchev–Trinajstić information content (AvgIpc) is 2.80. The maximum Gasteiger partial charge on any atom is 0.0540 e. The predicted molar refractivity (Wildman–Crippen MR) is 80.5 cm³/mol. The van der Waals surface area contributed by atoms with Crippen LogP contribution in [0.2, 0.25) is 0 Å². The Bertz CT molecular complexity index is 455. The highest BCUT2D eigenvalue weighted by atomic mass is 15.3. The molecular formula is C15H27N5. The number of piperazine rings is 1. The molecule has 112 valence electrons. The minimum atomic E-state index is 0.327. The van der Waals surface area contributed by atoms with Gasteiger partial charge in [-0.15, -0.1) is 0 Å². The molecule has 20 heavy (non-hydrogen) atoms. The molecule has 0 radical (unpaired) electrons. The van der Waals surface area contributed by atoms with Gasteiger partial charge in [-0.05, 0) is 26.3 Å². The summed E-state index contributed by atoms with van der Waals surface area (Å²) in [5.74, 6) is 0. The highest BCUT2D eigenvalue weighted by Gasteiger charge is 2.33. The highest BCUT2D eigenvalue weighted by molar-refractivity contribution is 5.21. The van der Waals surface area contributed by atoms with Crippen molar-refractivity contribution in [3.63, 3.8) is 0 Å². The molecule has 0 aliphatic carbocycles. The van der Waals surface area contributed by atoms with E-state index in [0.29, 0.717) is 12.6 Å². The maximum absolute atomic E-state index is 6.09. The van der Waals surface area contributed by atoms with Crippen LogP contribution >= 0.6 is 0 Å². The summed E-state index contributed by atoms with van der Waals surface area (Å²) in [6.07, 6.45) is 6.10. The van der Waals surface area contributed by atoms with Gasteiger partial charge in [-0.2, -0.15) is 5.10 Å². The lowest BCUT2D eigenvalue weighted by Crippen LogP contribution is -2.56. The van der Waals surface area contributed by atoms with E-state index in [1.54, 1.807) is 0 Å². The van der Waals surface area contributed by atoms with Gasteiger partial charge >= 0.3 is 0 Å². The molecule has 0 aromatic carbocycles. The van der Waals surface area contributed by atoms with E-state index in [2.05, 4.69) is 21.8 Å². The number of fused-ring (bicyclic) bond motifs is 1. The number of nitrogens with two attached hydrogens (primary N) is 1. The fourth-order valence-electron chi connectivity index (χ4n) is 3.78. The Morgan fingerprint density at radius 2 is 2.20 bits per heavy atom. The van der Waals surface area contributed by atoms with Crippen molar-refractivity contribution in [2.45, 2.75) is 38.3 Å². The molecule has 1 aromatic heterocycles. The van der Waals surface area contributed by atoms with Gasteiger partial charge in [0, 0.05) is 50.5 Å². The van der Waals surface area contributed by atoms with Crippen molar-refractivity contribution in [1.29, 1.82) is 0 Å². The van der Waals surface area contributed by atoms with Crippen molar-refractivity contribution in [2.75, 3.05) is 32.7 Å². The Hall–Kier alpha value is -0.910. The summed E-state index contributed by atoms with van der Waals surface area (Å²) in [7, 11) is 2.01. The third-order valence-electron chi connectivity index (χ3n) is 5.16. The van der Waals surface area contributed by atoms with E-state index in [0.717, 1.165) is 19.1 Å². The number of nitrogens with zero attached hydrogens (tertiary/aromatic N) is 4. The molecule has 5 nitrogen and oxygen atoms in total. The minimum Gasteiger partial charge on any atom is -0.329 e. The topological polar surface area (TPSA) is 50.3 Å². The molecule has 0 amide bonds. The van der Waals surface area contributed by atoms with Gasteiger partial charge in [0.15, 0.2) is 0 Å². The summed E-state index contributed by atoms with van der Waals surface area (Å²) in [6, 6.07) is 1.07. The second-order valence-electron chi connectivity index (χ2n) is 6.24. The molecule has 1 aromatic rings. The Morgan fingerprint density at radius 3 is 2.90 bits per heavy atom. The van der Waals surface area contributed by atoms with Crippen LogP contribution in [0.4, 0.5) is 0 Å². The number of hydrogen-bond acceptors (Lipinski definition) is 4. The van der Waals surface area contributed by atoms with E-state index >= 15 is 0 Å². The minimum absolute atomic E-state index is 0.327. The average molecular weight is 277 g/mol. The van der Waals surface area contributed by atoms with Crippen LogP contribution in [0.25, 0.3) is 0 Å². The van der Waals surface area contributed by atoms with Crippen molar-refractivity contribution in [3.05, 3.63) is 17.5 Å². The summed E-state index contributed by atoms with van der Waals surface area (Å²) in [5.41, 5.74) is 8.64. The summed E-state index contributed by atoms with van der Waals surface area (Å²) in [5, 5.41) is 4.39. The van der Waals surface area contributed by atoms with Crippen LogP contribution in [0, 0.1) is 6.92 Å². The number of aromatic nitrogens is 2. The summed E-state index contributed by atoms with van der Waals surface area (Å²) >= 11 is 0. The monoisotopic (exact) mass is 277 g/mol. The Labute approximate surface area is 121 Å². The zero-order valence-electron chi connectivity index (χ0n) is 12.8. The molecule has 2 fully saturated rings. The predicted octanol–water partition coefficient (Wildman–Crippen LogP) is 0.898. The molecule has 2 N–H and O–H groups in total. The van der Waals surface area contributed by atoms with Crippen LogP contribution < -0.4 is 5.73 Å². The highest BCUT2D eigenvalue weighted by Crippen LogP contribution is 2.28. The van der Waals surface area contributed by atoms with E-state index in [9.17, 15) is 0 Å². The first-order valence-corrected chi connectivity index (χ1v) is 7.87. The van der Waals surface area contributed by atoms with E-state index in [1.165, 1.54) is 43.6 Å². The second-order valence-corrected chi connectivity index (χ2v) is 6.24. The second kappa shape index (κ2) is 5.84. The van der Waals surface area contributed by atoms with Crippen molar-refractivity contribution >= 4 is 0 Å². The van der Waals surface area contributed by atoms with Gasteiger partial charge in [-0.3, -0.25) is 14.5 Å². The molecule has 2 atom stereocenters. The van der Waals surface area contributed by atoms with E-state index in [-0.39, 0.29) is 0 Å². The molecular weight excluding hydrogens is 250 g/mol. The Balaban J connectivity index is 1.75. The first kappa shape index (κ1) is 14.0. The van der Waals surface area contributed by atoms with Crippen LogP contribution in [0.5, 0.6) is 0 Å². The maximum atomic E-state index is 6.09. The van der Waals surface area contributed by atoms with Crippen LogP contribution in [-0.2, 0) is 7.05 Å². The van der Waals surface area contributed by atoms with Crippen LogP contribution in [0.15, 0.2) is 6.20 Å². The number of rotatable bonds is 3. The van der Waals surface area contributed by atoms with Gasteiger partial charge < -0.3 is 5.73 Å². The van der Waals surface area contributed by atoms with E-state index in [1.807, 2.05) is 17.9 Å². The lowest BCUT2D eigenvalue weighted by atomic mass is 9.97. The fraction of sp³-hybridized carbons (Fsp3) is 0.800. The number of aryl methyl sites for hydroxylation is 1. The molecule has 3 heterocycles. The number of hydrogen-bond donors (Lipinski definition) is 1. The lowest BCUT2D eigenvalue weighted by molar-refractivity contribution is 0.0285. The Kier molecular flexibility index (Phi) is 4.10. The van der Waals surface area contributed by atoms with Crippen LogP contribution in [-0.4, -0.2) is 58.3 Å². The van der Waals surface area contributed by atoms with Gasteiger partial charge in [0.25, 0.3) is 0 Å². The van der Waals surface area contributed by atoms with Crippen LogP contribution in [0.1, 0.15) is 36.6 Å². The first-order chi connectivity index (χ1) is 9.70. The van der Waals surface area contributed by atoms with E-state index < -0.39 is 0 Å². The molecule has 0 spiro atoms. The van der Waals surface area contributed by atoms with Crippen molar-refractivity contribution < 1.29 is 0 Å². The van der Waals surface area contributed by atoms with Crippen molar-refractivity contribution in [3.8, 4) is 0 Å². The summed E-state index contributed by atoms with van der Waals surface area (Å²) in [6.45, 7) is 7.60. The zero-order chi connectivity index (χ0) is 14.1. The molecule has 5 heteroatoms. The van der Waals surface area contributed by atoms with Gasteiger partial charge in [0.1, 0.15) is 0 Å². The van der Waals surface area contributed by atoms with Crippen LogP contribution in [0.3, 0.4) is 0 Å². The normalized spacial score (nSPS) is 26.4. The summed E-state index contributed by atoms with van der Waals surface area (Å²) in [4.78, 5) is 5.25. The number of piperidine rings is 1. The van der Waals surface area contributed by atoms with Crippen molar-refractivity contribution in [1.82, 2.24) is 19.6 Å². The molecule has 2 saturated heterocycles. The molecule has 0 bridgehead atoms. The zero-order valence-corrected chi connectivity index (χ0v) is 12.8. The molecule has 2 aliphatic heterocycles. The third kappa shape index (κ3) is 2.50. The lowest BCUT2D eigenvalue weighted by Gasteiger charge is -2.46. The molecule has 3 rings (SSSR count). The Morgan fingerprint density at radius 1 is 1.35 bits per heavy atom. The van der Waals surface area contributed by atoms with Gasteiger partial charge in [-0.25, -0.2) is 0 Å². The fourth-order valence-corrected chi connectivity index (χ4v) is 3.78. The largest absolute Gasteiger partial charge is 0.329 e. The quantitative estimate of drug-likeness (QED) is 0.892. The smallest absolute Gasteiger partial charge is 0.0540 e. The SMILES string of the molecule is Cc1c(C(CN)N2CCN3CCCCC3C2)cnn1C. The van der Waals surface area contributed by atoms with E-state index in [4.69, 9.17) is 5.73 Å². The third-order valence-corrected chi connectivity index (χ3v) is 5.16. The molecule has 2 unspecified atom stereocenters. The van der Waals surface area contributed by atoms with Gasteiger partial charge in [0.2, 0.25) is 0 Å². The van der Waals surface area contributed by atoms with Gasteiger partial charge in [-0.1, -0.05) is 6.42 Å². The molecule has 0 saturated carbocycles. The van der Waals surface area contributed by atoms with Gasteiger partial charge in [0.05, 0.1) is 12.2 Å². The summed E-state index contributed by atoms with van der Waals surface area (Å²) < 4.78 is 1.95.